The van der Waals surface area contributed by atoms with E-state index in [4.69, 9.17) is 13.9 Å². The molecule has 3 aromatic rings. The van der Waals surface area contributed by atoms with Crippen LogP contribution in [0.3, 0.4) is 0 Å². The predicted molar refractivity (Wildman–Crippen MR) is 139 cm³/mol. The summed E-state index contributed by atoms with van der Waals surface area (Å²) >= 11 is 2.37. The number of methoxy groups -OCH3 is 1. The summed E-state index contributed by atoms with van der Waals surface area (Å²) in [5, 5.41) is 10.3. The minimum atomic E-state index is -0.425. The van der Waals surface area contributed by atoms with Crippen molar-refractivity contribution in [2.75, 3.05) is 20.8 Å². The SMILES string of the molecule is COC(=O)COSN(C)NC1CCc2c(-c3nsc(-c4ccc(OC(C)C)c(C#N)c4)n3)cccc21. The largest absolute Gasteiger partial charge is 0.490 e. The number of esters is 1. The Morgan fingerprint density at radius 2 is 2.19 bits per heavy atom. The zero-order chi connectivity index (χ0) is 25.7. The molecule has 1 heterocycles. The third kappa shape index (κ3) is 6.03. The van der Waals surface area contributed by atoms with Crippen LogP contribution in [-0.2, 0) is 20.1 Å². The summed E-state index contributed by atoms with van der Waals surface area (Å²) in [6.45, 7) is 3.74. The Morgan fingerprint density at radius 1 is 1.36 bits per heavy atom. The van der Waals surface area contributed by atoms with Gasteiger partial charge in [0.1, 0.15) is 16.8 Å². The molecule has 0 aliphatic heterocycles. The van der Waals surface area contributed by atoms with Crippen LogP contribution in [0.5, 0.6) is 5.75 Å². The second-order valence-corrected chi connectivity index (χ2v) is 10.1. The van der Waals surface area contributed by atoms with Crippen molar-refractivity contribution in [3.63, 3.8) is 0 Å². The molecule has 11 heteroatoms. The van der Waals surface area contributed by atoms with Crippen molar-refractivity contribution in [1.29, 1.82) is 5.26 Å². The van der Waals surface area contributed by atoms with Gasteiger partial charge in [0.05, 0.1) is 31.0 Å². The number of hydrogen-bond donors (Lipinski definition) is 1. The Bertz CT molecular complexity index is 1270. The summed E-state index contributed by atoms with van der Waals surface area (Å²) in [5.41, 5.74) is 8.13. The summed E-state index contributed by atoms with van der Waals surface area (Å²) in [5.74, 6) is 0.822. The molecule has 0 spiro atoms. The first-order valence-corrected chi connectivity index (χ1v) is 12.9. The summed E-state index contributed by atoms with van der Waals surface area (Å²) in [4.78, 5) is 16.0. The van der Waals surface area contributed by atoms with Crippen LogP contribution >= 0.6 is 23.8 Å². The van der Waals surface area contributed by atoms with Gasteiger partial charge in [-0.15, -0.1) is 0 Å². The first kappa shape index (κ1) is 26.1. The Hall–Kier alpha value is -3.01. The second-order valence-electron chi connectivity index (χ2n) is 8.42. The molecule has 0 radical (unpaired) electrons. The fourth-order valence-corrected chi connectivity index (χ4v) is 5.16. The van der Waals surface area contributed by atoms with E-state index >= 15 is 0 Å². The first-order valence-electron chi connectivity index (χ1n) is 11.4. The van der Waals surface area contributed by atoms with Gasteiger partial charge in [-0.3, -0.25) is 4.18 Å². The van der Waals surface area contributed by atoms with Gasteiger partial charge in [-0.05, 0) is 67.5 Å². The molecule has 4 rings (SSSR count). The molecule has 188 valence electrons. The van der Waals surface area contributed by atoms with Crippen LogP contribution < -0.4 is 10.2 Å². The number of ether oxygens (including phenoxy) is 2. The summed E-state index contributed by atoms with van der Waals surface area (Å²) in [6, 6.07) is 14.0. The smallest absolute Gasteiger partial charge is 0.333 e. The van der Waals surface area contributed by atoms with E-state index in [0.29, 0.717) is 17.1 Å². The molecule has 0 fully saturated rings. The monoisotopic (exact) mass is 525 g/mol. The van der Waals surface area contributed by atoms with Crippen LogP contribution in [0.15, 0.2) is 36.4 Å². The number of nitrogens with one attached hydrogen (secondary N) is 1. The fraction of sp³-hybridized carbons (Fsp3) is 0.360. The Kier molecular flexibility index (Phi) is 8.56. The molecule has 1 N–H and O–H groups in total. The summed E-state index contributed by atoms with van der Waals surface area (Å²) in [6.07, 6.45) is 1.79. The van der Waals surface area contributed by atoms with Gasteiger partial charge in [0.15, 0.2) is 12.4 Å². The van der Waals surface area contributed by atoms with Crippen LogP contribution in [0.1, 0.15) is 43.0 Å². The van der Waals surface area contributed by atoms with Crippen LogP contribution in [0.2, 0.25) is 0 Å². The van der Waals surface area contributed by atoms with Crippen molar-refractivity contribution in [1.82, 2.24) is 19.2 Å². The van der Waals surface area contributed by atoms with Gasteiger partial charge in [-0.1, -0.05) is 18.2 Å². The zero-order valence-electron chi connectivity index (χ0n) is 20.5. The Balaban J connectivity index is 1.49. The highest BCUT2D eigenvalue weighted by atomic mass is 32.2. The Morgan fingerprint density at radius 3 is 2.94 bits per heavy atom. The lowest BCUT2D eigenvalue weighted by Crippen LogP contribution is -2.32. The highest BCUT2D eigenvalue weighted by Gasteiger charge is 2.27. The standard InChI is InChI=1S/C25H27N5O4S2/c1-15(2)34-22-11-8-16(12-17(22)13-26)25-27-24(29-35-25)20-7-5-6-19-18(20)9-10-21(19)28-30(3)36-33-14-23(31)32-4/h5-8,11-12,15,21,28H,9-10,14H2,1-4H3. The number of aromatic nitrogens is 2. The Labute approximate surface area is 218 Å². The van der Waals surface area contributed by atoms with E-state index in [-0.39, 0.29) is 18.8 Å². The molecule has 2 aromatic carbocycles. The van der Waals surface area contributed by atoms with Crippen molar-refractivity contribution in [2.45, 2.75) is 38.8 Å². The van der Waals surface area contributed by atoms with Crippen molar-refractivity contribution in [2.24, 2.45) is 0 Å². The molecular weight excluding hydrogens is 498 g/mol. The number of rotatable bonds is 10. The maximum absolute atomic E-state index is 11.2. The van der Waals surface area contributed by atoms with Crippen LogP contribution in [0, 0.1) is 11.3 Å². The normalized spacial score (nSPS) is 14.6. The van der Waals surface area contributed by atoms with Crippen molar-refractivity contribution < 1.29 is 18.5 Å². The fourth-order valence-electron chi connectivity index (χ4n) is 4.01. The van der Waals surface area contributed by atoms with Gasteiger partial charge in [0.2, 0.25) is 0 Å². The van der Waals surface area contributed by atoms with Gasteiger partial charge in [-0.25, -0.2) is 15.2 Å². The summed E-state index contributed by atoms with van der Waals surface area (Å²) < 4.78 is 22.0. The molecule has 1 atom stereocenters. The van der Waals surface area contributed by atoms with Crippen molar-refractivity contribution >= 4 is 29.7 Å². The van der Waals surface area contributed by atoms with E-state index in [0.717, 1.165) is 41.2 Å². The van der Waals surface area contributed by atoms with E-state index in [1.165, 1.54) is 29.8 Å². The highest BCUT2D eigenvalue weighted by molar-refractivity contribution is 7.92. The molecule has 36 heavy (non-hydrogen) atoms. The van der Waals surface area contributed by atoms with Gasteiger partial charge in [-0.2, -0.15) is 14.0 Å². The number of hydrazine groups is 1. The minimum absolute atomic E-state index is 0.0136. The quantitative estimate of drug-likeness (QED) is 0.173. The highest BCUT2D eigenvalue weighted by Crippen LogP contribution is 2.38. The lowest BCUT2D eigenvalue weighted by atomic mass is 10.0. The molecular formula is C25H27N5O4S2. The van der Waals surface area contributed by atoms with Crippen molar-refractivity contribution in [3.8, 4) is 33.8 Å². The van der Waals surface area contributed by atoms with Gasteiger partial charge >= 0.3 is 5.97 Å². The maximum atomic E-state index is 11.2. The number of carbonyl (C=O) groups excluding carboxylic acids is 1. The number of fused-ring (bicyclic) bond motifs is 1. The van der Waals surface area contributed by atoms with E-state index in [2.05, 4.69) is 26.7 Å². The topological polar surface area (TPSA) is 110 Å². The van der Waals surface area contributed by atoms with Crippen LogP contribution in [0.4, 0.5) is 0 Å². The van der Waals surface area contributed by atoms with Crippen LogP contribution in [-0.4, -0.2) is 46.6 Å². The summed E-state index contributed by atoms with van der Waals surface area (Å²) in [7, 11) is 3.17. The second kappa shape index (κ2) is 11.8. The number of hydrogen-bond acceptors (Lipinski definition) is 11. The molecule has 0 bridgehead atoms. The number of carbonyl (C=O) groups is 1. The molecule has 1 aliphatic rings. The third-order valence-corrected chi connectivity index (χ3v) is 6.87. The predicted octanol–water partition coefficient (Wildman–Crippen LogP) is 4.71. The van der Waals surface area contributed by atoms with Gasteiger partial charge in [0.25, 0.3) is 0 Å². The van der Waals surface area contributed by atoms with E-state index in [9.17, 15) is 10.1 Å². The van der Waals surface area contributed by atoms with Crippen molar-refractivity contribution in [3.05, 3.63) is 53.1 Å². The third-order valence-electron chi connectivity index (χ3n) is 5.55. The van der Waals surface area contributed by atoms with E-state index in [1.807, 2.05) is 45.2 Å². The number of benzene rings is 2. The molecule has 0 saturated carbocycles. The molecule has 0 amide bonds. The number of nitriles is 1. The molecule has 1 aliphatic carbocycles. The molecule has 1 unspecified atom stereocenters. The average Bonchev–Trinajstić information content (AvgIpc) is 3.51. The molecule has 0 saturated heterocycles. The van der Waals surface area contributed by atoms with Crippen LogP contribution in [0.25, 0.3) is 22.0 Å². The average molecular weight is 526 g/mol. The van der Waals surface area contributed by atoms with E-state index < -0.39 is 5.97 Å². The van der Waals surface area contributed by atoms with E-state index in [1.54, 1.807) is 10.5 Å². The lowest BCUT2D eigenvalue weighted by Gasteiger charge is -2.21. The molecule has 9 nitrogen and oxygen atoms in total. The van der Waals surface area contributed by atoms with Gasteiger partial charge < -0.3 is 9.47 Å². The lowest BCUT2D eigenvalue weighted by molar-refractivity contribution is -0.142. The molecule has 1 aromatic heterocycles. The minimum Gasteiger partial charge on any atom is -0.490 e. The zero-order valence-corrected chi connectivity index (χ0v) is 22.1. The van der Waals surface area contributed by atoms with Gasteiger partial charge in [0, 0.05) is 24.2 Å². The maximum Gasteiger partial charge on any atom is 0.333 e. The first-order chi connectivity index (χ1) is 17.4. The number of nitrogens with zero attached hydrogens (tertiary/aromatic N) is 4.